The van der Waals surface area contributed by atoms with Crippen molar-refractivity contribution in [2.24, 2.45) is 10.2 Å². The van der Waals surface area contributed by atoms with Gasteiger partial charge < -0.3 is 0 Å². The number of nitrogens with zero attached hydrogens (tertiary/aromatic N) is 2. The first-order valence-electron chi connectivity index (χ1n) is 12.6. The van der Waals surface area contributed by atoms with E-state index in [0.29, 0.717) is 5.02 Å². The molecule has 0 saturated carbocycles. The van der Waals surface area contributed by atoms with Gasteiger partial charge in [0.15, 0.2) is 0 Å². The molecule has 0 saturated heterocycles. The van der Waals surface area contributed by atoms with E-state index >= 15 is 0 Å². The Kier molecular flexibility index (Phi) is 8.24. The van der Waals surface area contributed by atoms with Gasteiger partial charge in [0.25, 0.3) is 0 Å². The Labute approximate surface area is 230 Å². The molecule has 0 unspecified atom stereocenters. The second-order valence-corrected chi connectivity index (χ2v) is 13.1. The lowest BCUT2D eigenvalue weighted by atomic mass is 10.0. The van der Waals surface area contributed by atoms with Crippen LogP contribution in [0.3, 0.4) is 0 Å². The SMILES string of the molecule is C/C(C[P+](c1ccccc1)(c1ccccc1)c1ccccc1)=N/N=C(c1ccccc1)c1ccc(Cl)cc1. The van der Waals surface area contributed by atoms with Gasteiger partial charge >= 0.3 is 0 Å². The van der Waals surface area contributed by atoms with Gasteiger partial charge in [0.05, 0.1) is 5.71 Å². The van der Waals surface area contributed by atoms with Crippen molar-refractivity contribution in [3.63, 3.8) is 0 Å². The molecule has 0 fully saturated rings. The molecule has 0 aliphatic rings. The van der Waals surface area contributed by atoms with Crippen LogP contribution in [-0.2, 0) is 0 Å². The van der Waals surface area contributed by atoms with Crippen molar-refractivity contribution in [1.29, 1.82) is 0 Å². The minimum Gasteiger partial charge on any atom is -0.156 e. The summed E-state index contributed by atoms with van der Waals surface area (Å²) in [6.45, 7) is 2.09. The Morgan fingerprint density at radius 3 is 1.37 bits per heavy atom. The maximum atomic E-state index is 6.17. The van der Waals surface area contributed by atoms with Crippen LogP contribution in [0.5, 0.6) is 0 Å². The van der Waals surface area contributed by atoms with Crippen molar-refractivity contribution < 1.29 is 0 Å². The van der Waals surface area contributed by atoms with Crippen LogP contribution >= 0.6 is 18.9 Å². The minimum absolute atomic E-state index is 0.698. The third-order valence-electron chi connectivity index (χ3n) is 6.54. The number of halogens is 1. The predicted molar refractivity (Wildman–Crippen MR) is 167 cm³/mol. The number of benzene rings is 5. The van der Waals surface area contributed by atoms with Gasteiger partial charge in [-0.05, 0) is 55.5 Å². The molecule has 0 aliphatic carbocycles. The molecule has 0 amide bonds. The Balaban J connectivity index is 1.64. The molecular formula is C34H29ClN2P+. The highest BCUT2D eigenvalue weighted by atomic mass is 35.5. The first-order chi connectivity index (χ1) is 18.7. The van der Waals surface area contributed by atoms with E-state index in [9.17, 15) is 0 Å². The largest absolute Gasteiger partial charge is 0.156 e. The fourth-order valence-electron chi connectivity index (χ4n) is 4.76. The van der Waals surface area contributed by atoms with E-state index in [0.717, 1.165) is 28.7 Å². The fourth-order valence-corrected chi connectivity index (χ4v) is 9.13. The van der Waals surface area contributed by atoms with E-state index in [4.69, 9.17) is 21.8 Å². The zero-order valence-corrected chi connectivity index (χ0v) is 22.9. The second kappa shape index (κ2) is 12.1. The smallest absolute Gasteiger partial charge is 0.117 e. The van der Waals surface area contributed by atoms with Gasteiger partial charge in [0.1, 0.15) is 35.0 Å². The highest BCUT2D eigenvalue weighted by Crippen LogP contribution is 2.55. The van der Waals surface area contributed by atoms with E-state index in [1.165, 1.54) is 15.9 Å². The molecule has 5 rings (SSSR count). The summed E-state index contributed by atoms with van der Waals surface area (Å²) >= 11 is 6.17. The molecule has 38 heavy (non-hydrogen) atoms. The van der Waals surface area contributed by atoms with Crippen molar-refractivity contribution in [3.05, 3.63) is 162 Å². The first-order valence-corrected chi connectivity index (χ1v) is 15.0. The van der Waals surface area contributed by atoms with Crippen molar-refractivity contribution in [2.75, 3.05) is 6.16 Å². The molecule has 0 N–H and O–H groups in total. The van der Waals surface area contributed by atoms with Crippen molar-refractivity contribution in [1.82, 2.24) is 0 Å². The summed E-state index contributed by atoms with van der Waals surface area (Å²) in [5.74, 6) is 0. The van der Waals surface area contributed by atoms with Gasteiger partial charge in [-0.25, -0.2) is 0 Å². The Morgan fingerprint density at radius 1 is 0.526 bits per heavy atom. The van der Waals surface area contributed by atoms with Crippen LogP contribution in [0.25, 0.3) is 0 Å². The summed E-state index contributed by atoms with van der Waals surface area (Å²) < 4.78 is 0. The van der Waals surface area contributed by atoms with Crippen LogP contribution in [0.4, 0.5) is 0 Å². The van der Waals surface area contributed by atoms with E-state index < -0.39 is 7.26 Å². The summed E-state index contributed by atoms with van der Waals surface area (Å²) in [6, 6.07) is 50.5. The highest BCUT2D eigenvalue weighted by molar-refractivity contribution is 7.96. The van der Waals surface area contributed by atoms with Crippen molar-refractivity contribution >= 4 is 46.2 Å². The van der Waals surface area contributed by atoms with Crippen LogP contribution in [0.2, 0.25) is 5.02 Å². The number of hydrogen-bond acceptors (Lipinski definition) is 2. The predicted octanol–water partition coefficient (Wildman–Crippen LogP) is 7.55. The molecule has 0 aromatic heterocycles. The van der Waals surface area contributed by atoms with E-state index in [2.05, 4.69) is 110 Å². The first kappa shape index (κ1) is 25.8. The molecular weight excluding hydrogens is 503 g/mol. The van der Waals surface area contributed by atoms with Crippen LogP contribution < -0.4 is 15.9 Å². The van der Waals surface area contributed by atoms with Crippen LogP contribution in [0.15, 0.2) is 156 Å². The summed E-state index contributed by atoms with van der Waals surface area (Å²) in [6.07, 6.45) is 0.789. The molecule has 0 spiro atoms. The average molecular weight is 532 g/mol. The maximum absolute atomic E-state index is 6.17. The molecule has 0 radical (unpaired) electrons. The van der Waals surface area contributed by atoms with Crippen molar-refractivity contribution in [2.45, 2.75) is 6.92 Å². The number of rotatable bonds is 8. The lowest BCUT2D eigenvalue weighted by Crippen LogP contribution is -2.35. The quantitative estimate of drug-likeness (QED) is 0.112. The zero-order valence-electron chi connectivity index (χ0n) is 21.3. The Bertz CT molecular complexity index is 1420. The Hall–Kier alpha value is -3.84. The summed E-state index contributed by atoms with van der Waals surface area (Å²) in [5.41, 5.74) is 3.80. The average Bonchev–Trinajstić information content (AvgIpc) is 2.99. The van der Waals surface area contributed by atoms with Crippen molar-refractivity contribution in [3.8, 4) is 0 Å². The fraction of sp³-hybridized carbons (Fsp3) is 0.0588. The summed E-state index contributed by atoms with van der Waals surface area (Å²) in [7, 11) is -2.04. The van der Waals surface area contributed by atoms with E-state index in [1.807, 2.05) is 42.5 Å². The molecule has 0 bridgehead atoms. The van der Waals surface area contributed by atoms with Gasteiger partial charge in [0.2, 0.25) is 0 Å². The monoisotopic (exact) mass is 531 g/mol. The van der Waals surface area contributed by atoms with E-state index in [-0.39, 0.29) is 0 Å². The zero-order chi connectivity index (χ0) is 26.2. The molecule has 5 aromatic carbocycles. The molecule has 0 atom stereocenters. The Morgan fingerprint density at radius 2 is 0.921 bits per heavy atom. The molecule has 2 nitrogen and oxygen atoms in total. The molecule has 0 aliphatic heterocycles. The van der Waals surface area contributed by atoms with Gasteiger partial charge in [0, 0.05) is 16.1 Å². The summed E-state index contributed by atoms with van der Waals surface area (Å²) in [4.78, 5) is 0. The van der Waals surface area contributed by atoms with Crippen LogP contribution in [-0.4, -0.2) is 17.6 Å². The third-order valence-corrected chi connectivity index (χ3v) is 11.3. The van der Waals surface area contributed by atoms with Crippen LogP contribution in [0.1, 0.15) is 18.1 Å². The maximum Gasteiger partial charge on any atom is 0.117 e. The van der Waals surface area contributed by atoms with Gasteiger partial charge in [-0.1, -0.05) is 109 Å². The minimum atomic E-state index is -2.04. The molecule has 4 heteroatoms. The molecule has 5 aromatic rings. The standard InChI is InChI=1S/C34H29ClN2P/c1-27(36-37-34(28-14-6-2-7-15-28)29-22-24-30(35)25-23-29)26-38(31-16-8-3-9-17-31,32-18-10-4-11-19-32)33-20-12-5-13-21-33/h2-25H,26H2,1H3/q+1/b36-27-,37-34?. The topological polar surface area (TPSA) is 24.7 Å². The third kappa shape index (κ3) is 5.68. The highest BCUT2D eigenvalue weighted by Gasteiger charge is 2.45. The molecule has 186 valence electrons. The van der Waals surface area contributed by atoms with E-state index in [1.54, 1.807) is 0 Å². The van der Waals surface area contributed by atoms with Gasteiger partial charge in [-0.15, -0.1) is 5.10 Å². The lowest BCUT2D eigenvalue weighted by Gasteiger charge is -2.27. The second-order valence-electron chi connectivity index (χ2n) is 9.13. The van der Waals surface area contributed by atoms with Crippen LogP contribution in [0, 0.1) is 0 Å². The van der Waals surface area contributed by atoms with Gasteiger partial charge in [-0.3, -0.25) is 0 Å². The number of hydrogen-bond donors (Lipinski definition) is 0. The van der Waals surface area contributed by atoms with Gasteiger partial charge in [-0.2, -0.15) is 5.10 Å². The molecule has 0 heterocycles. The lowest BCUT2D eigenvalue weighted by molar-refractivity contribution is 1.22. The summed E-state index contributed by atoms with van der Waals surface area (Å²) in [5, 5.41) is 14.4. The normalized spacial score (nSPS) is 12.4.